The van der Waals surface area contributed by atoms with Crippen LogP contribution in [0.1, 0.15) is 21.6 Å². The molecule has 0 saturated heterocycles. The molecule has 2 aromatic rings. The molecule has 0 unspecified atom stereocenters. The molecule has 4 nitrogen and oxygen atoms in total. The summed E-state index contributed by atoms with van der Waals surface area (Å²) < 4.78 is 12.9. The van der Waals surface area contributed by atoms with Gasteiger partial charge in [0.1, 0.15) is 5.82 Å². The number of aromatic amines is 1. The van der Waals surface area contributed by atoms with Crippen molar-refractivity contribution in [2.45, 2.75) is 13.5 Å². The van der Waals surface area contributed by atoms with Crippen molar-refractivity contribution < 1.29 is 9.18 Å². The van der Waals surface area contributed by atoms with E-state index in [-0.39, 0.29) is 5.91 Å². The van der Waals surface area contributed by atoms with E-state index in [1.807, 2.05) is 6.92 Å². The molecule has 1 amide bonds. The number of carbonyl (C=O) groups excluding carboxylic acids is 1. The standard InChI is InChI=1S/C12H12FN3O/c1-8-10(7-15-16-8)6-14-12(17)9-3-2-4-11(13)5-9/h2-5,7H,6H2,1H3,(H,14,17)(H,15,16). The highest BCUT2D eigenvalue weighted by Crippen LogP contribution is 2.05. The molecule has 0 aliphatic rings. The molecular weight excluding hydrogens is 221 g/mol. The van der Waals surface area contributed by atoms with Gasteiger partial charge in [-0.1, -0.05) is 6.07 Å². The second-order valence-electron chi connectivity index (χ2n) is 3.71. The van der Waals surface area contributed by atoms with Crippen LogP contribution in [0, 0.1) is 12.7 Å². The maximum atomic E-state index is 12.9. The summed E-state index contributed by atoms with van der Waals surface area (Å²) in [5, 5.41) is 9.33. The van der Waals surface area contributed by atoms with Crippen molar-refractivity contribution in [3.8, 4) is 0 Å². The van der Waals surface area contributed by atoms with Crippen LogP contribution in [-0.4, -0.2) is 16.1 Å². The molecule has 0 spiro atoms. The second kappa shape index (κ2) is 4.78. The number of carbonyl (C=O) groups is 1. The van der Waals surface area contributed by atoms with E-state index in [0.717, 1.165) is 11.3 Å². The number of aromatic nitrogens is 2. The predicted molar refractivity (Wildman–Crippen MR) is 60.9 cm³/mol. The third-order valence-electron chi connectivity index (χ3n) is 2.46. The molecule has 0 aliphatic carbocycles. The summed E-state index contributed by atoms with van der Waals surface area (Å²) in [4.78, 5) is 11.7. The lowest BCUT2D eigenvalue weighted by Crippen LogP contribution is -2.22. The first-order valence-electron chi connectivity index (χ1n) is 5.19. The van der Waals surface area contributed by atoms with Crippen molar-refractivity contribution >= 4 is 5.91 Å². The van der Waals surface area contributed by atoms with Gasteiger partial charge in [-0.3, -0.25) is 9.89 Å². The fourth-order valence-electron chi connectivity index (χ4n) is 1.46. The molecule has 0 atom stereocenters. The van der Waals surface area contributed by atoms with Gasteiger partial charge in [-0.15, -0.1) is 0 Å². The van der Waals surface area contributed by atoms with Crippen LogP contribution in [0.4, 0.5) is 4.39 Å². The Morgan fingerprint density at radius 1 is 1.53 bits per heavy atom. The molecule has 2 N–H and O–H groups in total. The molecule has 1 aromatic carbocycles. The normalized spacial score (nSPS) is 10.2. The van der Waals surface area contributed by atoms with E-state index in [2.05, 4.69) is 15.5 Å². The monoisotopic (exact) mass is 233 g/mol. The van der Waals surface area contributed by atoms with E-state index in [9.17, 15) is 9.18 Å². The minimum Gasteiger partial charge on any atom is -0.348 e. The molecule has 0 saturated carbocycles. The molecule has 17 heavy (non-hydrogen) atoms. The Balaban J connectivity index is 2.01. The lowest BCUT2D eigenvalue weighted by atomic mass is 10.2. The highest BCUT2D eigenvalue weighted by atomic mass is 19.1. The highest BCUT2D eigenvalue weighted by Gasteiger charge is 2.07. The highest BCUT2D eigenvalue weighted by molar-refractivity contribution is 5.94. The van der Waals surface area contributed by atoms with Crippen LogP contribution in [-0.2, 0) is 6.54 Å². The Morgan fingerprint density at radius 2 is 2.35 bits per heavy atom. The average Bonchev–Trinajstić information content (AvgIpc) is 2.72. The third kappa shape index (κ3) is 2.69. The molecule has 2 rings (SSSR count). The van der Waals surface area contributed by atoms with E-state index in [1.165, 1.54) is 18.2 Å². The number of halogens is 1. The summed E-state index contributed by atoms with van der Waals surface area (Å²) >= 11 is 0. The third-order valence-corrected chi connectivity index (χ3v) is 2.46. The molecular formula is C12H12FN3O. The molecule has 0 bridgehead atoms. The average molecular weight is 233 g/mol. The number of benzene rings is 1. The number of nitrogens with one attached hydrogen (secondary N) is 2. The molecule has 0 aliphatic heterocycles. The maximum Gasteiger partial charge on any atom is 0.251 e. The van der Waals surface area contributed by atoms with Crippen LogP contribution in [0.15, 0.2) is 30.5 Å². The van der Waals surface area contributed by atoms with Crippen LogP contribution >= 0.6 is 0 Å². The summed E-state index contributed by atoms with van der Waals surface area (Å²) in [5.74, 6) is -0.720. The number of hydrogen-bond donors (Lipinski definition) is 2. The van der Waals surface area contributed by atoms with E-state index < -0.39 is 5.82 Å². The molecule has 1 heterocycles. The van der Waals surface area contributed by atoms with Crippen molar-refractivity contribution in [1.29, 1.82) is 0 Å². The summed E-state index contributed by atoms with van der Waals surface area (Å²) in [6.45, 7) is 2.24. The summed E-state index contributed by atoms with van der Waals surface area (Å²) in [6, 6.07) is 5.59. The van der Waals surface area contributed by atoms with Gasteiger partial charge in [0, 0.05) is 23.4 Å². The number of H-pyrrole nitrogens is 1. The molecule has 5 heteroatoms. The van der Waals surface area contributed by atoms with Gasteiger partial charge in [0.2, 0.25) is 0 Å². The lowest BCUT2D eigenvalue weighted by molar-refractivity contribution is 0.0950. The largest absolute Gasteiger partial charge is 0.348 e. The number of nitrogens with zero attached hydrogens (tertiary/aromatic N) is 1. The quantitative estimate of drug-likeness (QED) is 0.849. The van der Waals surface area contributed by atoms with Gasteiger partial charge in [-0.2, -0.15) is 5.10 Å². The van der Waals surface area contributed by atoms with Crippen LogP contribution in [0.3, 0.4) is 0 Å². The summed E-state index contributed by atoms with van der Waals surface area (Å²) in [7, 11) is 0. The first-order chi connectivity index (χ1) is 8.16. The van der Waals surface area contributed by atoms with Crippen molar-refractivity contribution in [1.82, 2.24) is 15.5 Å². The zero-order valence-electron chi connectivity index (χ0n) is 9.33. The number of amides is 1. The zero-order chi connectivity index (χ0) is 12.3. The van der Waals surface area contributed by atoms with Crippen molar-refractivity contribution in [3.63, 3.8) is 0 Å². The van der Waals surface area contributed by atoms with Gasteiger partial charge in [-0.05, 0) is 25.1 Å². The maximum absolute atomic E-state index is 12.9. The van der Waals surface area contributed by atoms with Gasteiger partial charge in [0.15, 0.2) is 0 Å². The molecule has 0 radical (unpaired) electrons. The number of rotatable bonds is 3. The first-order valence-corrected chi connectivity index (χ1v) is 5.19. The Hall–Kier alpha value is -2.17. The number of aryl methyl sites for hydroxylation is 1. The van der Waals surface area contributed by atoms with E-state index in [0.29, 0.717) is 12.1 Å². The minimum absolute atomic E-state index is 0.301. The minimum atomic E-state index is -0.419. The summed E-state index contributed by atoms with van der Waals surface area (Å²) in [6.07, 6.45) is 1.65. The second-order valence-corrected chi connectivity index (χ2v) is 3.71. The fraction of sp³-hybridized carbons (Fsp3) is 0.167. The zero-order valence-corrected chi connectivity index (χ0v) is 9.33. The van der Waals surface area contributed by atoms with Crippen molar-refractivity contribution in [3.05, 3.63) is 53.1 Å². The van der Waals surface area contributed by atoms with E-state index >= 15 is 0 Å². The molecule has 0 fully saturated rings. The van der Waals surface area contributed by atoms with Gasteiger partial charge in [0.25, 0.3) is 5.91 Å². The van der Waals surface area contributed by atoms with Crippen molar-refractivity contribution in [2.24, 2.45) is 0 Å². The van der Waals surface area contributed by atoms with Crippen LogP contribution < -0.4 is 5.32 Å². The Kier molecular flexibility index (Phi) is 3.18. The lowest BCUT2D eigenvalue weighted by Gasteiger charge is -2.04. The van der Waals surface area contributed by atoms with Crippen LogP contribution in [0.2, 0.25) is 0 Å². The SMILES string of the molecule is Cc1[nH]ncc1CNC(=O)c1cccc(F)c1. The Bertz CT molecular complexity index is 536. The Morgan fingerprint density at radius 3 is 3.00 bits per heavy atom. The molecule has 88 valence electrons. The number of hydrogen-bond acceptors (Lipinski definition) is 2. The smallest absolute Gasteiger partial charge is 0.251 e. The van der Waals surface area contributed by atoms with Gasteiger partial charge in [0.05, 0.1) is 6.20 Å². The van der Waals surface area contributed by atoms with Gasteiger partial charge < -0.3 is 5.32 Å². The van der Waals surface area contributed by atoms with Gasteiger partial charge >= 0.3 is 0 Å². The van der Waals surface area contributed by atoms with E-state index in [4.69, 9.17) is 0 Å². The first kappa shape index (κ1) is 11.3. The molecule has 1 aromatic heterocycles. The van der Waals surface area contributed by atoms with Crippen LogP contribution in [0.5, 0.6) is 0 Å². The summed E-state index contributed by atoms with van der Waals surface area (Å²) in [5.41, 5.74) is 2.13. The van der Waals surface area contributed by atoms with Gasteiger partial charge in [-0.25, -0.2) is 4.39 Å². The van der Waals surface area contributed by atoms with E-state index in [1.54, 1.807) is 12.3 Å². The van der Waals surface area contributed by atoms with Crippen molar-refractivity contribution in [2.75, 3.05) is 0 Å². The Labute approximate surface area is 97.9 Å². The predicted octanol–water partition coefficient (Wildman–Crippen LogP) is 1.79. The topological polar surface area (TPSA) is 57.8 Å². The fourth-order valence-corrected chi connectivity index (χ4v) is 1.46. The van der Waals surface area contributed by atoms with Crippen LogP contribution in [0.25, 0.3) is 0 Å².